The molecule has 112 valence electrons. The Labute approximate surface area is 120 Å². The Balaban J connectivity index is 2.70. The molecule has 1 aromatic rings. The van der Waals surface area contributed by atoms with Crippen LogP contribution in [-0.2, 0) is 4.79 Å². The fourth-order valence-electron chi connectivity index (χ4n) is 2.17. The average Bonchev–Trinajstić information content (AvgIpc) is 2.38. The first kappa shape index (κ1) is 16.3. The molecule has 2 atom stereocenters. The Morgan fingerprint density at radius 3 is 2.65 bits per heavy atom. The maximum atomic E-state index is 11.6. The number of carbonyl (C=O) groups excluding carboxylic acids is 1. The van der Waals surface area contributed by atoms with E-state index in [1.54, 1.807) is 14.0 Å². The van der Waals surface area contributed by atoms with E-state index in [4.69, 9.17) is 15.2 Å². The van der Waals surface area contributed by atoms with Gasteiger partial charge in [-0.25, -0.2) is 0 Å². The van der Waals surface area contributed by atoms with Crippen LogP contribution < -0.4 is 20.5 Å². The largest absolute Gasteiger partial charge is 0.497 e. The lowest BCUT2D eigenvalue weighted by molar-refractivity contribution is -0.124. The van der Waals surface area contributed by atoms with Gasteiger partial charge in [0.1, 0.15) is 11.5 Å². The zero-order chi connectivity index (χ0) is 15.2. The van der Waals surface area contributed by atoms with Gasteiger partial charge in [-0.3, -0.25) is 4.79 Å². The van der Waals surface area contributed by atoms with E-state index in [9.17, 15) is 4.79 Å². The zero-order valence-corrected chi connectivity index (χ0v) is 12.6. The van der Waals surface area contributed by atoms with Crippen LogP contribution >= 0.6 is 0 Å². The van der Waals surface area contributed by atoms with E-state index < -0.39 is 5.54 Å². The molecule has 0 saturated heterocycles. The summed E-state index contributed by atoms with van der Waals surface area (Å²) in [7, 11) is 1.61. The van der Waals surface area contributed by atoms with Gasteiger partial charge >= 0.3 is 0 Å². The van der Waals surface area contributed by atoms with Crippen molar-refractivity contribution < 1.29 is 14.3 Å². The minimum absolute atomic E-state index is 0.154. The highest BCUT2D eigenvalue weighted by atomic mass is 16.5. The van der Waals surface area contributed by atoms with Crippen LogP contribution in [0.1, 0.15) is 27.2 Å². The highest BCUT2D eigenvalue weighted by molar-refractivity contribution is 5.84. The molecule has 5 nitrogen and oxygen atoms in total. The number of likely N-dealkylation sites (N-methyl/N-ethyl adjacent to an activating group) is 1. The average molecular weight is 280 g/mol. The van der Waals surface area contributed by atoms with Gasteiger partial charge in [0, 0.05) is 12.5 Å². The summed E-state index contributed by atoms with van der Waals surface area (Å²) in [5, 5.41) is 3.12. The van der Waals surface area contributed by atoms with Gasteiger partial charge in [0.15, 0.2) is 0 Å². The lowest BCUT2D eigenvalue weighted by Crippen LogP contribution is -2.55. The van der Waals surface area contributed by atoms with E-state index in [2.05, 4.69) is 5.32 Å². The standard InChI is InChI=1S/C15H24N2O3/c1-5-17-15(3,14(16)18)10-11(2)20-13-8-6-7-12(9-13)19-4/h6-9,11,17H,5,10H2,1-4H3,(H2,16,18). The summed E-state index contributed by atoms with van der Waals surface area (Å²) in [6.07, 6.45) is 0.339. The molecule has 0 heterocycles. The molecule has 5 heteroatoms. The van der Waals surface area contributed by atoms with Crippen LogP contribution in [0.25, 0.3) is 0 Å². The molecule has 0 bridgehead atoms. The lowest BCUT2D eigenvalue weighted by atomic mass is 9.94. The molecular formula is C15H24N2O3. The van der Waals surface area contributed by atoms with Gasteiger partial charge in [0.2, 0.25) is 5.91 Å². The second-order valence-corrected chi connectivity index (χ2v) is 5.04. The van der Waals surface area contributed by atoms with Crippen molar-refractivity contribution in [2.75, 3.05) is 13.7 Å². The van der Waals surface area contributed by atoms with Gasteiger partial charge in [-0.2, -0.15) is 0 Å². The zero-order valence-electron chi connectivity index (χ0n) is 12.6. The number of nitrogens with two attached hydrogens (primary N) is 1. The van der Waals surface area contributed by atoms with E-state index in [0.29, 0.717) is 18.7 Å². The Morgan fingerprint density at radius 1 is 1.45 bits per heavy atom. The Hall–Kier alpha value is -1.75. The van der Waals surface area contributed by atoms with Crippen molar-refractivity contribution in [3.8, 4) is 11.5 Å². The number of rotatable bonds is 8. The van der Waals surface area contributed by atoms with E-state index in [1.165, 1.54) is 0 Å². The predicted octanol–water partition coefficient (Wildman–Crippen LogP) is 1.71. The highest BCUT2D eigenvalue weighted by Crippen LogP contribution is 2.22. The van der Waals surface area contributed by atoms with Crippen molar-refractivity contribution in [3.63, 3.8) is 0 Å². The molecule has 1 amide bonds. The van der Waals surface area contributed by atoms with Crippen molar-refractivity contribution >= 4 is 5.91 Å². The number of hydrogen-bond acceptors (Lipinski definition) is 4. The van der Waals surface area contributed by atoms with E-state index >= 15 is 0 Å². The van der Waals surface area contributed by atoms with Gasteiger partial charge in [-0.15, -0.1) is 0 Å². The van der Waals surface area contributed by atoms with Gasteiger partial charge in [0.05, 0.1) is 18.8 Å². The molecule has 0 aliphatic rings. The second-order valence-electron chi connectivity index (χ2n) is 5.04. The van der Waals surface area contributed by atoms with Crippen molar-refractivity contribution in [1.29, 1.82) is 0 Å². The fourth-order valence-corrected chi connectivity index (χ4v) is 2.17. The van der Waals surface area contributed by atoms with Gasteiger partial charge in [0.25, 0.3) is 0 Å². The van der Waals surface area contributed by atoms with Crippen LogP contribution in [0.5, 0.6) is 11.5 Å². The summed E-state index contributed by atoms with van der Waals surface area (Å²) in [5.74, 6) is 1.07. The number of benzene rings is 1. The molecule has 2 unspecified atom stereocenters. The number of nitrogens with one attached hydrogen (secondary N) is 1. The summed E-state index contributed by atoms with van der Waals surface area (Å²) >= 11 is 0. The molecule has 0 spiro atoms. The second kappa shape index (κ2) is 7.14. The third-order valence-corrected chi connectivity index (χ3v) is 3.18. The van der Waals surface area contributed by atoms with E-state index in [0.717, 1.165) is 5.75 Å². The molecule has 0 fully saturated rings. The first-order valence-electron chi connectivity index (χ1n) is 6.77. The van der Waals surface area contributed by atoms with Crippen LogP contribution in [0.3, 0.4) is 0 Å². The summed E-state index contributed by atoms with van der Waals surface area (Å²) in [6.45, 7) is 6.32. The molecule has 0 aliphatic heterocycles. The Morgan fingerprint density at radius 2 is 2.10 bits per heavy atom. The summed E-state index contributed by atoms with van der Waals surface area (Å²) < 4.78 is 11.0. The van der Waals surface area contributed by atoms with E-state index in [1.807, 2.05) is 38.1 Å². The topological polar surface area (TPSA) is 73.6 Å². The fraction of sp³-hybridized carbons (Fsp3) is 0.533. The van der Waals surface area contributed by atoms with Crippen molar-refractivity contribution in [2.45, 2.75) is 38.8 Å². The molecule has 20 heavy (non-hydrogen) atoms. The van der Waals surface area contributed by atoms with Crippen molar-refractivity contribution in [3.05, 3.63) is 24.3 Å². The Kier molecular flexibility index (Phi) is 5.82. The first-order valence-corrected chi connectivity index (χ1v) is 6.77. The quantitative estimate of drug-likeness (QED) is 0.760. The number of methoxy groups -OCH3 is 1. The van der Waals surface area contributed by atoms with Crippen LogP contribution in [0.2, 0.25) is 0 Å². The number of amides is 1. The third-order valence-electron chi connectivity index (χ3n) is 3.18. The third kappa shape index (κ3) is 4.42. The van der Waals surface area contributed by atoms with Crippen LogP contribution in [0.4, 0.5) is 0 Å². The van der Waals surface area contributed by atoms with Crippen molar-refractivity contribution in [2.24, 2.45) is 5.73 Å². The number of primary amides is 1. The van der Waals surface area contributed by atoms with Crippen LogP contribution in [0, 0.1) is 0 Å². The number of carbonyl (C=O) groups is 1. The number of ether oxygens (including phenoxy) is 2. The molecule has 0 aliphatic carbocycles. The smallest absolute Gasteiger partial charge is 0.237 e. The van der Waals surface area contributed by atoms with E-state index in [-0.39, 0.29) is 12.0 Å². The number of hydrogen-bond donors (Lipinski definition) is 2. The molecular weight excluding hydrogens is 256 g/mol. The van der Waals surface area contributed by atoms with Crippen molar-refractivity contribution in [1.82, 2.24) is 5.32 Å². The molecule has 0 radical (unpaired) electrons. The van der Waals surface area contributed by atoms with Gasteiger partial charge in [-0.05, 0) is 32.5 Å². The Bertz CT molecular complexity index is 450. The molecule has 0 aromatic heterocycles. The molecule has 1 aromatic carbocycles. The van der Waals surface area contributed by atoms with Gasteiger partial charge in [-0.1, -0.05) is 13.0 Å². The summed E-state index contributed by atoms with van der Waals surface area (Å²) in [5.41, 5.74) is 4.70. The molecule has 3 N–H and O–H groups in total. The van der Waals surface area contributed by atoms with Gasteiger partial charge < -0.3 is 20.5 Å². The molecule has 1 rings (SSSR count). The minimum Gasteiger partial charge on any atom is -0.497 e. The summed E-state index contributed by atoms with van der Waals surface area (Å²) in [6, 6.07) is 7.38. The monoisotopic (exact) mass is 280 g/mol. The summed E-state index contributed by atoms with van der Waals surface area (Å²) in [4.78, 5) is 11.6. The van der Waals surface area contributed by atoms with Crippen LogP contribution in [0.15, 0.2) is 24.3 Å². The predicted molar refractivity (Wildman–Crippen MR) is 79.0 cm³/mol. The lowest BCUT2D eigenvalue weighted by Gasteiger charge is -2.30. The van der Waals surface area contributed by atoms with Crippen LogP contribution in [-0.4, -0.2) is 31.2 Å². The maximum Gasteiger partial charge on any atom is 0.237 e. The minimum atomic E-state index is -0.771. The molecule has 0 saturated carbocycles. The highest BCUT2D eigenvalue weighted by Gasteiger charge is 2.32. The maximum absolute atomic E-state index is 11.6. The SMILES string of the molecule is CCNC(C)(CC(C)Oc1cccc(OC)c1)C(N)=O. The normalized spacial score (nSPS) is 15.2. The first-order chi connectivity index (χ1) is 9.41.